The Labute approximate surface area is 367 Å². The van der Waals surface area contributed by atoms with E-state index in [0.717, 1.165) is 39.8 Å². The molecule has 0 bridgehead atoms. The van der Waals surface area contributed by atoms with Crippen LogP contribution in [0.15, 0.2) is 182 Å². The lowest BCUT2D eigenvalue weighted by molar-refractivity contribution is -0.329. The van der Waals surface area contributed by atoms with Crippen molar-refractivity contribution < 1.29 is 37.9 Å². The Morgan fingerprint density at radius 2 is 0.774 bits per heavy atom. The molecule has 62 heavy (non-hydrogen) atoms. The van der Waals surface area contributed by atoms with Gasteiger partial charge in [-0.1, -0.05) is 189 Å². The van der Waals surface area contributed by atoms with Gasteiger partial charge < -0.3 is 37.9 Å². The van der Waals surface area contributed by atoms with E-state index in [1.54, 1.807) is 0 Å². The molecule has 0 radical (unpaired) electrons. The molecular formula is C54H60O8. The van der Waals surface area contributed by atoms with E-state index < -0.39 is 30.7 Å². The van der Waals surface area contributed by atoms with Gasteiger partial charge in [0.25, 0.3) is 0 Å². The van der Waals surface area contributed by atoms with Crippen molar-refractivity contribution in [3.63, 3.8) is 0 Å². The molecule has 7 rings (SSSR count). The second kappa shape index (κ2) is 25.2. The van der Waals surface area contributed by atoms with Gasteiger partial charge >= 0.3 is 0 Å². The van der Waals surface area contributed by atoms with Gasteiger partial charge in [-0.2, -0.15) is 0 Å². The highest BCUT2D eigenvalue weighted by atomic mass is 16.7. The summed E-state index contributed by atoms with van der Waals surface area (Å²) in [6.45, 7) is 5.09. The Bertz CT molecular complexity index is 2060. The molecule has 1 fully saturated rings. The molecule has 324 valence electrons. The molecule has 7 atom stereocenters. The van der Waals surface area contributed by atoms with E-state index in [0.29, 0.717) is 52.7 Å². The second-order valence-corrected chi connectivity index (χ2v) is 15.6. The highest BCUT2D eigenvalue weighted by Crippen LogP contribution is 2.32. The minimum atomic E-state index is -0.818. The van der Waals surface area contributed by atoms with Crippen LogP contribution in [-0.4, -0.2) is 56.1 Å². The molecule has 1 aliphatic heterocycles. The van der Waals surface area contributed by atoms with Gasteiger partial charge in [-0.3, -0.25) is 0 Å². The standard InChI is InChI=1S/C54H60O8/c1-2-48(57-36-43-23-11-4-12-24-43)49(58-37-44-25-13-5-14-26-44)33-34-56-54-53(61-40-47-31-19-8-20-32-47)52(60-39-46-29-17-7-18-30-46)51(59-38-45-27-15-6-16-28-45)50(62-54)41-55-35-42-21-9-3-10-22-42/h3-32,48-54H,2,33-41H2,1H3/t48-,49+,50-,51+,52+,53-,54+/m1/s1. The van der Waals surface area contributed by atoms with Crippen molar-refractivity contribution in [1.82, 2.24) is 0 Å². The van der Waals surface area contributed by atoms with E-state index in [2.05, 4.69) is 79.7 Å². The third-order valence-corrected chi connectivity index (χ3v) is 11.0. The highest BCUT2D eigenvalue weighted by molar-refractivity contribution is 5.18. The van der Waals surface area contributed by atoms with Gasteiger partial charge in [-0.15, -0.1) is 0 Å². The quantitative estimate of drug-likeness (QED) is 0.0565. The first-order valence-electron chi connectivity index (χ1n) is 21.9. The molecule has 0 aromatic heterocycles. The van der Waals surface area contributed by atoms with E-state index in [4.69, 9.17) is 37.9 Å². The van der Waals surface area contributed by atoms with Gasteiger partial charge in [0.15, 0.2) is 6.29 Å². The number of hydrogen-bond acceptors (Lipinski definition) is 8. The number of hydrogen-bond donors (Lipinski definition) is 0. The van der Waals surface area contributed by atoms with Crippen LogP contribution in [-0.2, 0) is 77.5 Å². The molecule has 6 aromatic rings. The maximum atomic E-state index is 6.96. The molecule has 0 N–H and O–H groups in total. The zero-order chi connectivity index (χ0) is 42.4. The Morgan fingerprint density at radius 1 is 0.403 bits per heavy atom. The van der Waals surface area contributed by atoms with Crippen molar-refractivity contribution in [1.29, 1.82) is 0 Å². The fourth-order valence-corrected chi connectivity index (χ4v) is 7.60. The SMILES string of the molecule is CC[C@@H](OCc1ccccc1)[C@H](CCO[C@H]1O[C@H](COCc2ccccc2)[C@H](OCc2ccccc2)[C@H](OCc2ccccc2)[C@H]1OCc1ccccc1)OCc1ccccc1. The summed E-state index contributed by atoms with van der Waals surface area (Å²) in [5, 5.41) is 0. The Hall–Kier alpha value is -5.00. The normalized spacial score (nSPS) is 19.8. The molecule has 0 amide bonds. The van der Waals surface area contributed by atoms with Crippen molar-refractivity contribution in [2.75, 3.05) is 13.2 Å². The van der Waals surface area contributed by atoms with E-state index >= 15 is 0 Å². The largest absolute Gasteiger partial charge is 0.374 e. The van der Waals surface area contributed by atoms with Crippen LogP contribution in [0.4, 0.5) is 0 Å². The summed E-state index contributed by atoms with van der Waals surface area (Å²) in [5.41, 5.74) is 6.39. The predicted octanol–water partition coefficient (Wildman–Crippen LogP) is 10.7. The van der Waals surface area contributed by atoms with E-state index in [1.807, 2.05) is 109 Å². The van der Waals surface area contributed by atoms with Gasteiger partial charge in [0, 0.05) is 0 Å². The lowest BCUT2D eigenvalue weighted by Crippen LogP contribution is -2.61. The summed E-state index contributed by atoms with van der Waals surface area (Å²) in [5.74, 6) is 0. The van der Waals surface area contributed by atoms with Gasteiger partial charge in [0.1, 0.15) is 24.4 Å². The van der Waals surface area contributed by atoms with Gasteiger partial charge in [0.05, 0.1) is 65.1 Å². The molecule has 0 unspecified atom stereocenters. The summed E-state index contributed by atoms with van der Waals surface area (Å²) in [4.78, 5) is 0. The first-order chi connectivity index (χ1) is 30.7. The minimum absolute atomic E-state index is 0.170. The third kappa shape index (κ3) is 14.3. The van der Waals surface area contributed by atoms with Gasteiger partial charge in [0.2, 0.25) is 0 Å². The Morgan fingerprint density at radius 3 is 1.21 bits per heavy atom. The molecule has 8 heteroatoms. The zero-order valence-electron chi connectivity index (χ0n) is 35.7. The lowest BCUT2D eigenvalue weighted by atomic mass is 9.97. The summed E-state index contributed by atoms with van der Waals surface area (Å²) in [6.07, 6.45) is -2.28. The van der Waals surface area contributed by atoms with Crippen LogP contribution in [0.5, 0.6) is 0 Å². The van der Waals surface area contributed by atoms with Crippen LogP contribution in [0.2, 0.25) is 0 Å². The molecule has 0 spiro atoms. The minimum Gasteiger partial charge on any atom is -0.374 e. The van der Waals surface area contributed by atoms with Crippen LogP contribution in [0.3, 0.4) is 0 Å². The fraction of sp³-hybridized carbons (Fsp3) is 0.333. The molecule has 0 saturated carbocycles. The maximum Gasteiger partial charge on any atom is 0.186 e. The molecule has 1 heterocycles. The zero-order valence-corrected chi connectivity index (χ0v) is 35.7. The first kappa shape index (κ1) is 45.0. The fourth-order valence-electron chi connectivity index (χ4n) is 7.60. The van der Waals surface area contributed by atoms with Crippen LogP contribution in [0.25, 0.3) is 0 Å². The summed E-state index contributed by atoms with van der Waals surface area (Å²) in [7, 11) is 0. The molecule has 1 aliphatic rings. The van der Waals surface area contributed by atoms with Crippen molar-refractivity contribution in [3.8, 4) is 0 Å². The van der Waals surface area contributed by atoms with Crippen LogP contribution in [0, 0.1) is 0 Å². The highest BCUT2D eigenvalue weighted by Gasteiger charge is 2.49. The summed E-state index contributed by atoms with van der Waals surface area (Å²) >= 11 is 0. The Kier molecular flexibility index (Phi) is 18.3. The van der Waals surface area contributed by atoms with Crippen molar-refractivity contribution in [3.05, 3.63) is 215 Å². The van der Waals surface area contributed by atoms with Crippen molar-refractivity contribution in [2.24, 2.45) is 0 Å². The van der Waals surface area contributed by atoms with E-state index in [1.165, 1.54) is 0 Å². The monoisotopic (exact) mass is 836 g/mol. The molecule has 0 aliphatic carbocycles. The lowest BCUT2D eigenvalue weighted by Gasteiger charge is -2.46. The van der Waals surface area contributed by atoms with Gasteiger partial charge in [-0.05, 0) is 46.2 Å². The smallest absolute Gasteiger partial charge is 0.186 e. The average Bonchev–Trinajstić information content (AvgIpc) is 3.33. The molecule has 8 nitrogen and oxygen atoms in total. The topological polar surface area (TPSA) is 73.8 Å². The second-order valence-electron chi connectivity index (χ2n) is 15.6. The van der Waals surface area contributed by atoms with Crippen molar-refractivity contribution in [2.45, 2.75) is 102 Å². The number of rotatable bonds is 25. The maximum absolute atomic E-state index is 6.96. The number of ether oxygens (including phenoxy) is 8. The average molecular weight is 837 g/mol. The van der Waals surface area contributed by atoms with Crippen molar-refractivity contribution >= 4 is 0 Å². The van der Waals surface area contributed by atoms with Gasteiger partial charge in [-0.25, -0.2) is 0 Å². The van der Waals surface area contributed by atoms with Crippen LogP contribution in [0.1, 0.15) is 53.1 Å². The molecule has 6 aromatic carbocycles. The first-order valence-corrected chi connectivity index (χ1v) is 21.9. The van der Waals surface area contributed by atoms with E-state index in [-0.39, 0.29) is 18.8 Å². The van der Waals surface area contributed by atoms with Crippen LogP contribution < -0.4 is 0 Å². The third-order valence-electron chi connectivity index (χ3n) is 11.0. The van der Waals surface area contributed by atoms with Crippen LogP contribution >= 0.6 is 0 Å². The summed E-state index contributed by atoms with van der Waals surface area (Å²) < 4.78 is 54.0. The predicted molar refractivity (Wildman–Crippen MR) is 241 cm³/mol. The number of benzene rings is 6. The Balaban J connectivity index is 1.15. The van der Waals surface area contributed by atoms with E-state index in [9.17, 15) is 0 Å². The summed E-state index contributed by atoms with van der Waals surface area (Å²) in [6, 6.07) is 61.1. The molecule has 1 saturated heterocycles. The molecular weight excluding hydrogens is 777 g/mol.